The van der Waals surface area contributed by atoms with Gasteiger partial charge in [0.1, 0.15) is 13.2 Å². The number of unbranched alkanes of at least 4 members (excludes halogenated alkanes) is 29. The Morgan fingerprint density at radius 1 is 0.253 bits per heavy atom. The quantitative estimate of drug-likeness (QED) is 0.0261. The van der Waals surface area contributed by atoms with Gasteiger partial charge in [-0.3, -0.25) is 14.4 Å². The second-order valence-corrected chi connectivity index (χ2v) is 22.7. The van der Waals surface area contributed by atoms with Crippen molar-refractivity contribution < 1.29 is 28.6 Å². The standard InChI is InChI=1S/C77H128O6/c1-4-7-10-13-16-19-22-25-28-31-34-35-36-37-38-39-40-41-44-46-49-52-55-58-61-64-67-70-76(79)82-73-74(83-77(80)71-68-65-62-59-56-53-50-47-43-33-30-27-24-21-18-15-12-9-6-3)72-81-75(78)69-66-63-60-57-54-51-48-45-42-32-29-26-23-20-17-14-11-8-5-2/h8-9,11-12,17-18,20-21,26-27,29-31,34,42-43,45,47,53,56,62,65,74H,4-7,10,13-16,19,22-25,28,32-33,35-41,44,46,48-52,54-55,57-61,63-64,66-73H2,1-3H3/b11-8-,12-9-,20-17-,21-18-,29-26-,30-27-,34-31-,45-42-,47-43-,56-53-,65-62-. The van der Waals surface area contributed by atoms with Crippen LogP contribution in [-0.2, 0) is 28.6 Å². The smallest absolute Gasteiger partial charge is 0.306 e. The van der Waals surface area contributed by atoms with Crippen LogP contribution in [0.4, 0.5) is 0 Å². The summed E-state index contributed by atoms with van der Waals surface area (Å²) < 4.78 is 16.9. The van der Waals surface area contributed by atoms with Gasteiger partial charge in [0.25, 0.3) is 0 Å². The van der Waals surface area contributed by atoms with Crippen molar-refractivity contribution >= 4 is 17.9 Å². The molecule has 0 saturated carbocycles. The first-order valence-electron chi connectivity index (χ1n) is 34.7. The van der Waals surface area contributed by atoms with Crippen molar-refractivity contribution in [2.75, 3.05) is 13.2 Å². The molecule has 0 radical (unpaired) electrons. The Kier molecular flexibility index (Phi) is 66.3. The monoisotopic (exact) mass is 1150 g/mol. The van der Waals surface area contributed by atoms with Crippen LogP contribution in [0.2, 0.25) is 0 Å². The van der Waals surface area contributed by atoms with Crippen LogP contribution in [-0.4, -0.2) is 37.2 Å². The Morgan fingerprint density at radius 3 is 0.795 bits per heavy atom. The first-order chi connectivity index (χ1) is 41.0. The average molecular weight is 1150 g/mol. The lowest BCUT2D eigenvalue weighted by molar-refractivity contribution is -0.166. The van der Waals surface area contributed by atoms with Gasteiger partial charge in [-0.1, -0.05) is 309 Å². The molecule has 0 saturated heterocycles. The number of rotatable bonds is 62. The molecule has 472 valence electrons. The van der Waals surface area contributed by atoms with Crippen molar-refractivity contribution in [3.63, 3.8) is 0 Å². The number of carbonyl (C=O) groups is 3. The zero-order valence-electron chi connectivity index (χ0n) is 54.2. The zero-order chi connectivity index (χ0) is 59.9. The first-order valence-corrected chi connectivity index (χ1v) is 34.7. The number of carbonyl (C=O) groups excluding carboxylic acids is 3. The second-order valence-electron chi connectivity index (χ2n) is 22.7. The van der Waals surface area contributed by atoms with E-state index in [1.807, 2.05) is 6.08 Å². The molecule has 0 fully saturated rings. The lowest BCUT2D eigenvalue weighted by Crippen LogP contribution is -2.30. The molecular formula is C77H128O6. The van der Waals surface area contributed by atoms with E-state index in [0.717, 1.165) is 116 Å². The third kappa shape index (κ3) is 68.2. The lowest BCUT2D eigenvalue weighted by atomic mass is 10.0. The Bertz CT molecular complexity index is 1750. The van der Waals surface area contributed by atoms with Gasteiger partial charge in [0.05, 0.1) is 0 Å². The molecule has 1 atom stereocenters. The molecule has 0 aromatic rings. The molecule has 83 heavy (non-hydrogen) atoms. The summed E-state index contributed by atoms with van der Waals surface area (Å²) in [5.41, 5.74) is 0. The summed E-state index contributed by atoms with van der Waals surface area (Å²) in [4.78, 5) is 38.4. The molecule has 0 N–H and O–H groups in total. The van der Waals surface area contributed by atoms with Crippen molar-refractivity contribution in [1.29, 1.82) is 0 Å². The van der Waals surface area contributed by atoms with E-state index in [0.29, 0.717) is 19.3 Å². The maximum absolute atomic E-state index is 12.9. The summed E-state index contributed by atoms with van der Waals surface area (Å²) in [7, 11) is 0. The minimum atomic E-state index is -0.831. The third-order valence-electron chi connectivity index (χ3n) is 14.6. The molecular weight excluding hydrogens is 1020 g/mol. The maximum Gasteiger partial charge on any atom is 0.306 e. The Hall–Kier alpha value is -4.45. The van der Waals surface area contributed by atoms with Crippen LogP contribution >= 0.6 is 0 Å². The van der Waals surface area contributed by atoms with E-state index < -0.39 is 12.1 Å². The number of ether oxygens (including phenoxy) is 3. The molecule has 1 unspecified atom stereocenters. The predicted octanol–water partition coefficient (Wildman–Crippen LogP) is 24.1. The second kappa shape index (κ2) is 70.0. The van der Waals surface area contributed by atoms with Crippen LogP contribution in [0.3, 0.4) is 0 Å². The highest BCUT2D eigenvalue weighted by atomic mass is 16.6. The van der Waals surface area contributed by atoms with Crippen molar-refractivity contribution in [1.82, 2.24) is 0 Å². The summed E-state index contributed by atoms with van der Waals surface area (Å²) in [6, 6.07) is 0. The van der Waals surface area contributed by atoms with Crippen LogP contribution in [0.5, 0.6) is 0 Å². The Balaban J connectivity index is 4.43. The molecule has 0 amide bonds. The van der Waals surface area contributed by atoms with E-state index in [2.05, 4.69) is 148 Å². The summed E-state index contributed by atoms with van der Waals surface area (Å²) in [6.45, 7) is 6.37. The maximum atomic E-state index is 12.9. The van der Waals surface area contributed by atoms with Gasteiger partial charge in [-0.2, -0.15) is 0 Å². The first kappa shape index (κ1) is 78.5. The summed E-state index contributed by atoms with van der Waals surface area (Å²) in [5.74, 6) is -1.01. The molecule has 0 rings (SSSR count). The summed E-state index contributed by atoms with van der Waals surface area (Å²) in [5, 5.41) is 0. The van der Waals surface area contributed by atoms with E-state index in [4.69, 9.17) is 14.2 Å². The fourth-order valence-electron chi connectivity index (χ4n) is 9.52. The van der Waals surface area contributed by atoms with Gasteiger partial charge in [-0.05, 0) is 122 Å². The molecule has 0 aliphatic rings. The highest BCUT2D eigenvalue weighted by Gasteiger charge is 2.19. The van der Waals surface area contributed by atoms with E-state index >= 15 is 0 Å². The van der Waals surface area contributed by atoms with Gasteiger partial charge in [0.2, 0.25) is 0 Å². The predicted molar refractivity (Wildman–Crippen MR) is 362 cm³/mol. The molecule has 0 heterocycles. The highest BCUT2D eigenvalue weighted by molar-refractivity contribution is 5.71. The Labute approximate surface area is 513 Å². The van der Waals surface area contributed by atoms with Crippen molar-refractivity contribution in [3.05, 3.63) is 134 Å². The normalized spacial score (nSPS) is 13.0. The van der Waals surface area contributed by atoms with Crippen molar-refractivity contribution in [2.45, 2.75) is 322 Å². The molecule has 0 bridgehead atoms. The number of hydrogen-bond donors (Lipinski definition) is 0. The van der Waals surface area contributed by atoms with Crippen LogP contribution in [0.25, 0.3) is 0 Å². The fraction of sp³-hybridized carbons (Fsp3) is 0.675. The van der Waals surface area contributed by atoms with Gasteiger partial charge in [0.15, 0.2) is 6.10 Å². The van der Waals surface area contributed by atoms with E-state index in [-0.39, 0.29) is 31.6 Å². The van der Waals surface area contributed by atoms with Gasteiger partial charge >= 0.3 is 17.9 Å². The third-order valence-corrected chi connectivity index (χ3v) is 14.6. The van der Waals surface area contributed by atoms with Gasteiger partial charge in [-0.15, -0.1) is 0 Å². The number of esters is 3. The topological polar surface area (TPSA) is 78.9 Å². The van der Waals surface area contributed by atoms with Gasteiger partial charge in [-0.25, -0.2) is 0 Å². The highest BCUT2D eigenvalue weighted by Crippen LogP contribution is 2.16. The molecule has 0 aromatic carbocycles. The largest absolute Gasteiger partial charge is 0.462 e. The number of hydrogen-bond acceptors (Lipinski definition) is 6. The zero-order valence-corrected chi connectivity index (χ0v) is 54.2. The minimum absolute atomic E-state index is 0.115. The average Bonchev–Trinajstić information content (AvgIpc) is 3.50. The van der Waals surface area contributed by atoms with Crippen LogP contribution in [0.1, 0.15) is 316 Å². The van der Waals surface area contributed by atoms with E-state index in [1.165, 1.54) is 154 Å². The number of allylic oxidation sites excluding steroid dienone is 22. The molecule has 6 nitrogen and oxygen atoms in total. The summed E-state index contributed by atoms with van der Waals surface area (Å²) >= 11 is 0. The van der Waals surface area contributed by atoms with E-state index in [1.54, 1.807) is 0 Å². The van der Waals surface area contributed by atoms with Crippen molar-refractivity contribution in [3.8, 4) is 0 Å². The van der Waals surface area contributed by atoms with Crippen LogP contribution in [0, 0.1) is 0 Å². The minimum Gasteiger partial charge on any atom is -0.462 e. The van der Waals surface area contributed by atoms with Gasteiger partial charge < -0.3 is 14.2 Å². The van der Waals surface area contributed by atoms with Gasteiger partial charge in [0, 0.05) is 19.3 Å². The Morgan fingerprint density at radius 2 is 0.494 bits per heavy atom. The fourth-order valence-corrected chi connectivity index (χ4v) is 9.52. The lowest BCUT2D eigenvalue weighted by Gasteiger charge is -2.18. The van der Waals surface area contributed by atoms with Crippen LogP contribution in [0.15, 0.2) is 134 Å². The van der Waals surface area contributed by atoms with E-state index in [9.17, 15) is 14.4 Å². The SMILES string of the molecule is CC/C=C\C/C=C\C/C=C\C/C=C\C/C=C\C/C=C\CCC(=O)OC(COC(=O)CCCCCCCC/C=C\C/C=C\C/C=C\C/C=C\CC)COC(=O)CCCCCCCCCCCCCCCCC/C=C\CCCCCCCCCC. The summed E-state index contributed by atoms with van der Waals surface area (Å²) in [6.07, 6.45) is 99.2. The molecule has 0 spiro atoms. The molecule has 6 heteroatoms. The molecule has 0 aliphatic heterocycles. The van der Waals surface area contributed by atoms with Crippen molar-refractivity contribution in [2.24, 2.45) is 0 Å². The van der Waals surface area contributed by atoms with Crippen LogP contribution < -0.4 is 0 Å². The molecule has 0 aromatic heterocycles. The molecule has 0 aliphatic carbocycles.